The molecule has 1 saturated carbocycles. The summed E-state index contributed by atoms with van der Waals surface area (Å²) < 4.78 is 0. The first-order valence-electron chi connectivity index (χ1n) is 7.92. The van der Waals surface area contributed by atoms with Crippen LogP contribution in [0.2, 0.25) is 0 Å². The average Bonchev–Trinajstić information content (AvgIpc) is 2.51. The Hall–Kier alpha value is -0.570. The Morgan fingerprint density at radius 1 is 1.16 bits per heavy atom. The summed E-state index contributed by atoms with van der Waals surface area (Å²) >= 11 is 0. The van der Waals surface area contributed by atoms with Crippen LogP contribution in [0.5, 0.6) is 0 Å². The summed E-state index contributed by atoms with van der Waals surface area (Å²) in [5.74, 6) is -0.217. The van der Waals surface area contributed by atoms with Crippen molar-refractivity contribution in [3.05, 3.63) is 0 Å². The number of carboxylic acid groups (broad SMARTS) is 1. The van der Waals surface area contributed by atoms with E-state index in [4.69, 9.17) is 5.11 Å². The van der Waals surface area contributed by atoms with Crippen LogP contribution in [0.3, 0.4) is 0 Å². The highest BCUT2D eigenvalue weighted by atomic mass is 16.4. The number of hydrogen-bond donors (Lipinski definition) is 1. The van der Waals surface area contributed by atoms with E-state index in [-0.39, 0.29) is 0 Å². The molecule has 0 aromatic carbocycles. The largest absolute Gasteiger partial charge is 0.481 e. The monoisotopic (exact) mass is 267 g/mol. The second kappa shape index (κ2) is 6.25. The molecule has 2 aliphatic rings. The van der Waals surface area contributed by atoms with Crippen molar-refractivity contribution in [3.8, 4) is 0 Å². The third-order valence-corrected chi connectivity index (χ3v) is 5.17. The smallest absolute Gasteiger partial charge is 0.303 e. The van der Waals surface area contributed by atoms with E-state index in [1.54, 1.807) is 0 Å². The maximum atomic E-state index is 10.8. The fourth-order valence-electron chi connectivity index (χ4n) is 3.78. The second-order valence-corrected chi connectivity index (χ2v) is 7.33. The van der Waals surface area contributed by atoms with Crippen molar-refractivity contribution in [1.82, 2.24) is 4.90 Å². The van der Waals surface area contributed by atoms with Gasteiger partial charge < -0.3 is 10.0 Å². The Bertz CT molecular complexity index is 306. The molecule has 3 nitrogen and oxygen atoms in total. The Morgan fingerprint density at radius 2 is 1.84 bits per heavy atom. The van der Waals surface area contributed by atoms with Gasteiger partial charge in [-0.2, -0.15) is 0 Å². The van der Waals surface area contributed by atoms with E-state index in [1.165, 1.54) is 32.1 Å². The van der Waals surface area contributed by atoms with Gasteiger partial charge >= 0.3 is 5.97 Å². The van der Waals surface area contributed by atoms with Crippen molar-refractivity contribution in [3.63, 3.8) is 0 Å². The molecule has 1 aliphatic heterocycles. The molecular weight excluding hydrogens is 238 g/mol. The van der Waals surface area contributed by atoms with Gasteiger partial charge in [-0.3, -0.25) is 4.79 Å². The van der Waals surface area contributed by atoms with E-state index in [0.29, 0.717) is 17.8 Å². The van der Waals surface area contributed by atoms with Crippen molar-refractivity contribution in [2.45, 2.75) is 71.3 Å². The molecular formula is C16H29NO2. The van der Waals surface area contributed by atoms with Crippen LogP contribution in [0, 0.1) is 11.3 Å². The molecule has 1 atom stereocenters. The number of rotatable bonds is 3. The fraction of sp³-hybridized carbons (Fsp3) is 0.938. The molecule has 0 spiro atoms. The average molecular weight is 267 g/mol. The first-order valence-corrected chi connectivity index (χ1v) is 7.92. The maximum Gasteiger partial charge on any atom is 0.303 e. The molecule has 1 aliphatic carbocycles. The van der Waals surface area contributed by atoms with Gasteiger partial charge in [-0.15, -0.1) is 0 Å². The summed E-state index contributed by atoms with van der Waals surface area (Å²) in [5.41, 5.74) is 0.524. The lowest BCUT2D eigenvalue weighted by Gasteiger charge is -2.37. The van der Waals surface area contributed by atoms with Gasteiger partial charge in [0, 0.05) is 12.5 Å². The van der Waals surface area contributed by atoms with Crippen LogP contribution in [0.25, 0.3) is 0 Å². The highest BCUT2D eigenvalue weighted by molar-refractivity contribution is 5.67. The molecule has 1 N–H and O–H groups in total. The third-order valence-electron chi connectivity index (χ3n) is 5.17. The molecule has 3 heteroatoms. The molecule has 0 radical (unpaired) electrons. The van der Waals surface area contributed by atoms with E-state index in [2.05, 4.69) is 18.7 Å². The molecule has 1 unspecified atom stereocenters. The molecule has 1 heterocycles. The number of likely N-dealkylation sites (tertiary alicyclic amines) is 1. The van der Waals surface area contributed by atoms with Crippen molar-refractivity contribution in [2.24, 2.45) is 11.3 Å². The zero-order valence-electron chi connectivity index (χ0n) is 12.5. The summed E-state index contributed by atoms with van der Waals surface area (Å²) in [4.78, 5) is 13.4. The van der Waals surface area contributed by atoms with E-state index < -0.39 is 5.97 Å². The van der Waals surface area contributed by atoms with Crippen molar-refractivity contribution in [1.29, 1.82) is 0 Å². The minimum Gasteiger partial charge on any atom is -0.481 e. The number of carbonyl (C=O) groups is 1. The number of hydrogen-bond acceptors (Lipinski definition) is 2. The number of nitrogens with zero attached hydrogens (tertiary/aromatic N) is 1. The Kier molecular flexibility index (Phi) is 4.88. The molecule has 0 aromatic heterocycles. The summed E-state index contributed by atoms with van der Waals surface area (Å²) in [6, 6.07) is 0.757. The second-order valence-electron chi connectivity index (χ2n) is 7.33. The van der Waals surface area contributed by atoms with Gasteiger partial charge in [0.15, 0.2) is 0 Å². The topological polar surface area (TPSA) is 40.5 Å². The quantitative estimate of drug-likeness (QED) is 0.795. The highest BCUT2D eigenvalue weighted by Crippen LogP contribution is 2.36. The molecule has 1 saturated heterocycles. The molecule has 0 bridgehead atoms. The number of piperidine rings is 1. The Morgan fingerprint density at radius 3 is 2.47 bits per heavy atom. The standard InChI is InChI=1S/C16H29NO2/c1-16(2)8-3-4-14(5-9-16)17-10-6-13(7-11-17)12-15(18)19/h13-14H,3-12H2,1-2H3,(H,18,19). The minimum atomic E-state index is -0.630. The van der Waals surface area contributed by atoms with Gasteiger partial charge in [-0.1, -0.05) is 20.3 Å². The van der Waals surface area contributed by atoms with Crippen molar-refractivity contribution >= 4 is 5.97 Å². The van der Waals surface area contributed by atoms with Crippen LogP contribution in [-0.2, 0) is 4.79 Å². The molecule has 2 rings (SSSR count). The lowest BCUT2D eigenvalue weighted by atomic mass is 9.85. The normalized spacial score (nSPS) is 29.9. The van der Waals surface area contributed by atoms with Crippen LogP contribution in [0.15, 0.2) is 0 Å². The molecule has 110 valence electrons. The summed E-state index contributed by atoms with van der Waals surface area (Å²) in [7, 11) is 0. The van der Waals surface area contributed by atoms with E-state index >= 15 is 0 Å². The van der Waals surface area contributed by atoms with Gasteiger partial charge in [0.2, 0.25) is 0 Å². The first-order chi connectivity index (χ1) is 8.96. The van der Waals surface area contributed by atoms with Crippen molar-refractivity contribution < 1.29 is 9.90 Å². The zero-order chi connectivity index (χ0) is 13.9. The Balaban J connectivity index is 1.79. The van der Waals surface area contributed by atoms with E-state index in [0.717, 1.165) is 32.0 Å². The SMILES string of the molecule is CC1(C)CCCC(N2CCC(CC(=O)O)CC2)CC1. The number of carboxylic acids is 1. The minimum absolute atomic E-state index is 0.367. The summed E-state index contributed by atoms with van der Waals surface area (Å²) in [6.45, 7) is 7.02. The molecule has 2 fully saturated rings. The van der Waals surface area contributed by atoms with Gasteiger partial charge in [0.25, 0.3) is 0 Å². The van der Waals surface area contributed by atoms with Crippen LogP contribution < -0.4 is 0 Å². The third kappa shape index (κ3) is 4.48. The first kappa shape index (κ1) is 14.8. The van der Waals surface area contributed by atoms with E-state index in [9.17, 15) is 4.79 Å². The van der Waals surface area contributed by atoms with Gasteiger partial charge in [0.05, 0.1) is 0 Å². The summed E-state index contributed by atoms with van der Waals surface area (Å²) in [6.07, 6.45) is 9.24. The lowest BCUT2D eigenvalue weighted by molar-refractivity contribution is -0.138. The molecule has 0 amide bonds. The highest BCUT2D eigenvalue weighted by Gasteiger charge is 2.30. The lowest BCUT2D eigenvalue weighted by Crippen LogP contribution is -2.41. The Labute approximate surface area is 117 Å². The molecule has 19 heavy (non-hydrogen) atoms. The van der Waals surface area contributed by atoms with Crippen LogP contribution in [-0.4, -0.2) is 35.1 Å². The predicted molar refractivity (Wildman–Crippen MR) is 77.2 cm³/mol. The maximum absolute atomic E-state index is 10.8. The van der Waals surface area contributed by atoms with Crippen LogP contribution >= 0.6 is 0 Å². The van der Waals surface area contributed by atoms with Gasteiger partial charge in [-0.05, 0) is 62.9 Å². The van der Waals surface area contributed by atoms with Crippen LogP contribution in [0.4, 0.5) is 0 Å². The van der Waals surface area contributed by atoms with Gasteiger partial charge in [0.1, 0.15) is 0 Å². The summed E-state index contributed by atoms with van der Waals surface area (Å²) in [5, 5.41) is 8.86. The van der Waals surface area contributed by atoms with Gasteiger partial charge in [-0.25, -0.2) is 0 Å². The molecule has 0 aromatic rings. The fourth-order valence-corrected chi connectivity index (χ4v) is 3.78. The predicted octanol–water partition coefficient (Wildman–Crippen LogP) is 3.53. The van der Waals surface area contributed by atoms with Crippen molar-refractivity contribution in [2.75, 3.05) is 13.1 Å². The van der Waals surface area contributed by atoms with E-state index in [1.807, 2.05) is 0 Å². The number of aliphatic carboxylic acids is 1. The zero-order valence-corrected chi connectivity index (χ0v) is 12.5. The van der Waals surface area contributed by atoms with Crippen LogP contribution in [0.1, 0.15) is 65.2 Å².